The van der Waals surface area contributed by atoms with Gasteiger partial charge in [0.2, 0.25) is 0 Å². The maximum Gasteiger partial charge on any atom is 0.339 e. The molecule has 0 radical (unpaired) electrons. The van der Waals surface area contributed by atoms with Crippen LogP contribution in [0.15, 0.2) is 76.7 Å². The highest BCUT2D eigenvalue weighted by atomic mass is 35.5. The van der Waals surface area contributed by atoms with Crippen LogP contribution in [0.1, 0.15) is 29.8 Å². The number of halogens is 1. The maximum absolute atomic E-state index is 12.4. The van der Waals surface area contributed by atoms with Gasteiger partial charge in [0.15, 0.2) is 11.5 Å². The zero-order valence-corrected chi connectivity index (χ0v) is 20.1. The molecule has 8 nitrogen and oxygen atoms in total. The predicted molar refractivity (Wildman–Crippen MR) is 130 cm³/mol. The quantitative estimate of drug-likeness (QED) is 0.245. The van der Waals surface area contributed by atoms with Crippen LogP contribution in [0.25, 0.3) is 0 Å². The molecule has 0 saturated heterocycles. The summed E-state index contributed by atoms with van der Waals surface area (Å²) in [6.07, 6.45) is 1.42. The van der Waals surface area contributed by atoms with Crippen molar-refractivity contribution in [1.29, 1.82) is 0 Å². The molecule has 0 unspecified atom stereocenters. The van der Waals surface area contributed by atoms with E-state index in [2.05, 4.69) is 10.5 Å². The smallest absolute Gasteiger partial charge is 0.339 e. The number of hydrogen-bond acceptors (Lipinski definition) is 7. The largest absolute Gasteiger partial charge is 0.490 e. The maximum atomic E-state index is 12.4. The minimum Gasteiger partial charge on any atom is -0.490 e. The Kier molecular flexibility index (Phi) is 8.50. The van der Waals surface area contributed by atoms with E-state index in [1.807, 2.05) is 13.8 Å². The Morgan fingerprint density at radius 1 is 0.941 bits per heavy atom. The number of amides is 1. The van der Waals surface area contributed by atoms with Gasteiger partial charge < -0.3 is 13.7 Å². The number of carbonyl (C=O) groups excluding carboxylic acids is 1. The van der Waals surface area contributed by atoms with E-state index in [1.54, 1.807) is 30.3 Å². The van der Waals surface area contributed by atoms with Gasteiger partial charge in [-0.2, -0.15) is 13.5 Å². The zero-order valence-electron chi connectivity index (χ0n) is 18.5. The van der Waals surface area contributed by atoms with Crippen molar-refractivity contribution >= 4 is 33.8 Å². The highest BCUT2D eigenvalue weighted by Gasteiger charge is 2.16. The topological polar surface area (TPSA) is 103 Å². The van der Waals surface area contributed by atoms with E-state index in [4.69, 9.17) is 25.3 Å². The van der Waals surface area contributed by atoms with E-state index >= 15 is 0 Å². The summed E-state index contributed by atoms with van der Waals surface area (Å²) in [5.74, 6) is 0.748. The monoisotopic (exact) mass is 502 g/mol. The summed E-state index contributed by atoms with van der Waals surface area (Å²) in [5, 5.41) is 4.37. The summed E-state index contributed by atoms with van der Waals surface area (Å²) in [6.45, 7) is 4.62. The minimum atomic E-state index is -3.98. The predicted octanol–water partition coefficient (Wildman–Crippen LogP) is 4.67. The number of benzene rings is 3. The highest BCUT2D eigenvalue weighted by molar-refractivity contribution is 7.87. The summed E-state index contributed by atoms with van der Waals surface area (Å²) < 4.78 is 40.8. The molecule has 0 fully saturated rings. The lowest BCUT2D eigenvalue weighted by Gasteiger charge is -2.11. The lowest BCUT2D eigenvalue weighted by molar-refractivity contribution is 0.0954. The van der Waals surface area contributed by atoms with Crippen LogP contribution in [0.2, 0.25) is 5.02 Å². The molecule has 0 aliphatic rings. The number of hydrogen-bond donors (Lipinski definition) is 1. The van der Waals surface area contributed by atoms with E-state index in [-0.39, 0.29) is 10.6 Å². The fraction of sp³-hybridized carbons (Fsp3) is 0.167. The van der Waals surface area contributed by atoms with Crippen LogP contribution in [0, 0.1) is 0 Å². The van der Waals surface area contributed by atoms with Crippen molar-refractivity contribution in [2.24, 2.45) is 5.10 Å². The standard InChI is InChI=1S/C24H23ClN2O6S/c1-3-31-22-14-7-18(15-23(22)32-4-2)24(28)27-26-16-17-5-10-20(11-6-17)33-34(29,30)21-12-8-19(25)9-13-21/h5-16H,3-4H2,1-2H3,(H,27,28)/b26-16+. The van der Waals surface area contributed by atoms with Crippen LogP contribution in [0.5, 0.6) is 17.2 Å². The molecule has 34 heavy (non-hydrogen) atoms. The molecule has 178 valence electrons. The molecule has 10 heteroatoms. The number of ether oxygens (including phenoxy) is 2. The SMILES string of the molecule is CCOc1ccc(C(=O)N/N=C/c2ccc(OS(=O)(=O)c3ccc(Cl)cc3)cc2)cc1OCC. The summed E-state index contributed by atoms with van der Waals surface area (Å²) in [4.78, 5) is 12.4. The van der Waals surface area contributed by atoms with Crippen molar-refractivity contribution in [3.8, 4) is 17.2 Å². The Morgan fingerprint density at radius 3 is 2.24 bits per heavy atom. The molecule has 0 heterocycles. The Hall–Kier alpha value is -3.56. The van der Waals surface area contributed by atoms with Gasteiger partial charge >= 0.3 is 10.1 Å². The van der Waals surface area contributed by atoms with E-state index in [9.17, 15) is 13.2 Å². The number of nitrogens with zero attached hydrogens (tertiary/aromatic N) is 1. The van der Waals surface area contributed by atoms with Gasteiger partial charge in [-0.25, -0.2) is 5.43 Å². The average Bonchev–Trinajstić information content (AvgIpc) is 2.81. The molecule has 3 aromatic carbocycles. The summed E-state index contributed by atoms with van der Waals surface area (Å²) in [7, 11) is -3.98. The normalized spacial score (nSPS) is 11.3. The van der Waals surface area contributed by atoms with Crippen LogP contribution >= 0.6 is 11.6 Å². The van der Waals surface area contributed by atoms with Gasteiger partial charge in [-0.15, -0.1) is 0 Å². The molecule has 0 aliphatic carbocycles. The van der Waals surface area contributed by atoms with Crippen LogP contribution in [0.4, 0.5) is 0 Å². The lowest BCUT2D eigenvalue weighted by atomic mass is 10.2. The first kappa shape index (κ1) is 25.1. The van der Waals surface area contributed by atoms with Crippen LogP contribution < -0.4 is 19.1 Å². The van der Waals surface area contributed by atoms with Gasteiger partial charge in [0, 0.05) is 10.6 Å². The molecule has 0 saturated carbocycles. The molecule has 0 atom stereocenters. The van der Waals surface area contributed by atoms with Crippen LogP contribution in [-0.4, -0.2) is 33.8 Å². The number of rotatable bonds is 10. The first-order chi connectivity index (χ1) is 16.3. The number of nitrogens with one attached hydrogen (secondary N) is 1. The van der Waals surface area contributed by atoms with E-state index in [0.29, 0.717) is 40.9 Å². The second-order valence-corrected chi connectivity index (χ2v) is 8.77. The third-order valence-corrected chi connectivity index (χ3v) is 5.89. The van der Waals surface area contributed by atoms with Gasteiger partial charge in [0.1, 0.15) is 10.6 Å². The second-order valence-electron chi connectivity index (χ2n) is 6.79. The van der Waals surface area contributed by atoms with Crippen molar-refractivity contribution in [3.63, 3.8) is 0 Å². The fourth-order valence-corrected chi connectivity index (χ4v) is 3.86. The summed E-state index contributed by atoms with van der Waals surface area (Å²) in [5.41, 5.74) is 3.43. The number of carbonyl (C=O) groups is 1. The van der Waals surface area contributed by atoms with Gasteiger partial charge in [-0.3, -0.25) is 4.79 Å². The van der Waals surface area contributed by atoms with E-state index < -0.39 is 16.0 Å². The molecular weight excluding hydrogens is 480 g/mol. The summed E-state index contributed by atoms with van der Waals surface area (Å²) in [6, 6.07) is 16.7. The Bertz CT molecular complexity index is 1260. The van der Waals surface area contributed by atoms with Crippen molar-refractivity contribution in [1.82, 2.24) is 5.43 Å². The minimum absolute atomic E-state index is 0.00738. The van der Waals surface area contributed by atoms with Crippen LogP contribution in [0.3, 0.4) is 0 Å². The third kappa shape index (κ3) is 6.72. The van der Waals surface area contributed by atoms with Crippen molar-refractivity contribution < 1.29 is 26.9 Å². The molecule has 3 aromatic rings. The zero-order chi connectivity index (χ0) is 24.6. The number of hydrazone groups is 1. The molecule has 0 aromatic heterocycles. The molecule has 0 bridgehead atoms. The molecule has 1 amide bonds. The highest BCUT2D eigenvalue weighted by Crippen LogP contribution is 2.28. The van der Waals surface area contributed by atoms with Crippen molar-refractivity contribution in [2.75, 3.05) is 13.2 Å². The first-order valence-corrected chi connectivity index (χ1v) is 12.1. The van der Waals surface area contributed by atoms with E-state index in [1.165, 1.54) is 42.6 Å². The second kappa shape index (κ2) is 11.5. The fourth-order valence-electron chi connectivity index (χ4n) is 2.81. The third-order valence-electron chi connectivity index (χ3n) is 4.37. The van der Waals surface area contributed by atoms with Crippen molar-refractivity contribution in [3.05, 3.63) is 82.9 Å². The Morgan fingerprint density at radius 2 is 1.59 bits per heavy atom. The Labute approximate surface area is 203 Å². The van der Waals surface area contributed by atoms with Gasteiger partial charge in [-0.05, 0) is 86.1 Å². The summed E-state index contributed by atoms with van der Waals surface area (Å²) >= 11 is 5.79. The molecule has 0 aliphatic heterocycles. The molecular formula is C24H23ClN2O6S. The van der Waals surface area contributed by atoms with Gasteiger partial charge in [0.05, 0.1) is 19.4 Å². The first-order valence-electron chi connectivity index (χ1n) is 10.4. The van der Waals surface area contributed by atoms with Gasteiger partial charge in [-0.1, -0.05) is 11.6 Å². The Balaban J connectivity index is 1.61. The molecule has 1 N–H and O–H groups in total. The van der Waals surface area contributed by atoms with Crippen LogP contribution in [-0.2, 0) is 10.1 Å². The molecule has 3 rings (SSSR count). The lowest BCUT2D eigenvalue weighted by Crippen LogP contribution is -2.17. The van der Waals surface area contributed by atoms with E-state index in [0.717, 1.165) is 0 Å². The van der Waals surface area contributed by atoms with Gasteiger partial charge in [0.25, 0.3) is 5.91 Å². The average molecular weight is 503 g/mol. The molecule has 0 spiro atoms. The van der Waals surface area contributed by atoms with Crippen molar-refractivity contribution in [2.45, 2.75) is 18.7 Å².